The number of nitrogens with zero attached hydrogens (tertiary/aromatic N) is 3. The molecule has 0 unspecified atom stereocenters. The van der Waals surface area contributed by atoms with Crippen LogP contribution in [-0.2, 0) is 4.79 Å². The van der Waals surface area contributed by atoms with E-state index in [-0.39, 0.29) is 35.9 Å². The molecule has 2 N–H and O–H groups in total. The lowest BCUT2D eigenvalue weighted by atomic mass is 10.2. The minimum atomic E-state index is 0. The highest BCUT2D eigenvalue weighted by Crippen LogP contribution is 2.20. The second-order valence-corrected chi connectivity index (χ2v) is 6.62. The average Bonchev–Trinajstić information content (AvgIpc) is 2.65. The fourth-order valence-corrected chi connectivity index (χ4v) is 2.98. The molecule has 8 heteroatoms. The van der Waals surface area contributed by atoms with Crippen molar-refractivity contribution in [3.63, 3.8) is 0 Å². The van der Waals surface area contributed by atoms with Gasteiger partial charge in [-0.2, -0.15) is 0 Å². The van der Waals surface area contributed by atoms with E-state index in [0.717, 1.165) is 37.9 Å². The van der Waals surface area contributed by atoms with Crippen LogP contribution in [0.15, 0.2) is 29.3 Å². The first kappa shape index (κ1) is 23.3. The van der Waals surface area contributed by atoms with Gasteiger partial charge in [0.25, 0.3) is 0 Å². The Bertz CT molecular complexity index is 599. The fourth-order valence-electron chi connectivity index (χ4n) is 2.98. The first-order chi connectivity index (χ1) is 12.5. The molecule has 0 spiro atoms. The highest BCUT2D eigenvalue weighted by molar-refractivity contribution is 14.0. The Balaban J connectivity index is 0.00000364. The summed E-state index contributed by atoms with van der Waals surface area (Å²) in [5, 5.41) is 6.19. The maximum absolute atomic E-state index is 11.7. The van der Waals surface area contributed by atoms with E-state index < -0.39 is 0 Å². The summed E-state index contributed by atoms with van der Waals surface area (Å²) in [7, 11) is 3.46. The number of ether oxygens (including phenoxy) is 1. The number of piperazine rings is 1. The molecule has 1 aliphatic heterocycles. The molecule has 1 fully saturated rings. The van der Waals surface area contributed by atoms with Crippen LogP contribution in [0.1, 0.15) is 20.3 Å². The third-order valence-corrected chi connectivity index (χ3v) is 4.31. The Labute approximate surface area is 179 Å². The lowest BCUT2D eigenvalue weighted by Crippen LogP contribution is -2.53. The van der Waals surface area contributed by atoms with Crippen LogP contribution in [-0.4, -0.2) is 69.7 Å². The average molecular weight is 489 g/mol. The lowest BCUT2D eigenvalue weighted by Gasteiger charge is -2.37. The van der Waals surface area contributed by atoms with E-state index in [1.54, 1.807) is 14.2 Å². The molecule has 0 saturated carbocycles. The summed E-state index contributed by atoms with van der Waals surface area (Å²) in [6.45, 7) is 8.17. The lowest BCUT2D eigenvalue weighted by molar-refractivity contribution is -0.121. The Morgan fingerprint density at radius 3 is 2.33 bits per heavy atom. The molecular formula is C19H32IN5O2. The summed E-state index contributed by atoms with van der Waals surface area (Å²) in [6, 6.07) is 8.34. The van der Waals surface area contributed by atoms with Crippen LogP contribution in [0.4, 0.5) is 5.69 Å². The minimum absolute atomic E-state index is 0. The van der Waals surface area contributed by atoms with E-state index in [2.05, 4.69) is 37.6 Å². The molecule has 0 bridgehead atoms. The molecule has 1 aromatic rings. The van der Waals surface area contributed by atoms with Crippen molar-refractivity contribution < 1.29 is 9.53 Å². The third kappa shape index (κ3) is 7.43. The molecule has 1 saturated heterocycles. The topological polar surface area (TPSA) is 69.2 Å². The molecule has 1 amide bonds. The molecule has 0 atom stereocenters. The SMILES string of the molecule is CN=C(NCCC(=O)NC(C)C)N1CCN(c2ccc(OC)cc2)CC1.I. The van der Waals surface area contributed by atoms with Gasteiger partial charge < -0.3 is 25.2 Å². The number of anilines is 1. The van der Waals surface area contributed by atoms with Crippen molar-refractivity contribution in [1.82, 2.24) is 15.5 Å². The minimum Gasteiger partial charge on any atom is -0.497 e. The maximum atomic E-state index is 11.7. The van der Waals surface area contributed by atoms with E-state index >= 15 is 0 Å². The second kappa shape index (κ2) is 11.9. The molecule has 0 radical (unpaired) electrons. The normalized spacial score (nSPS) is 14.6. The predicted molar refractivity (Wildman–Crippen MR) is 121 cm³/mol. The zero-order valence-corrected chi connectivity index (χ0v) is 19.0. The van der Waals surface area contributed by atoms with Gasteiger partial charge in [-0.1, -0.05) is 0 Å². The highest BCUT2D eigenvalue weighted by Gasteiger charge is 2.20. The van der Waals surface area contributed by atoms with Gasteiger partial charge in [-0.05, 0) is 38.1 Å². The number of methoxy groups -OCH3 is 1. The van der Waals surface area contributed by atoms with Gasteiger partial charge in [0.1, 0.15) is 5.75 Å². The molecule has 27 heavy (non-hydrogen) atoms. The molecule has 0 aliphatic carbocycles. The quantitative estimate of drug-likeness (QED) is 0.363. The number of rotatable bonds is 6. The summed E-state index contributed by atoms with van der Waals surface area (Å²) in [4.78, 5) is 20.7. The first-order valence-electron chi connectivity index (χ1n) is 9.17. The van der Waals surface area contributed by atoms with E-state index in [1.165, 1.54) is 5.69 Å². The maximum Gasteiger partial charge on any atom is 0.221 e. The van der Waals surface area contributed by atoms with Gasteiger partial charge in [0.15, 0.2) is 5.96 Å². The summed E-state index contributed by atoms with van der Waals surface area (Å²) in [5.41, 5.74) is 1.21. The predicted octanol–water partition coefficient (Wildman–Crippen LogP) is 1.93. The van der Waals surface area contributed by atoms with Crippen LogP contribution in [0, 0.1) is 0 Å². The van der Waals surface area contributed by atoms with Gasteiger partial charge in [0.2, 0.25) is 5.91 Å². The number of nitrogens with one attached hydrogen (secondary N) is 2. The molecule has 7 nitrogen and oxygen atoms in total. The van der Waals surface area contributed by atoms with Gasteiger partial charge in [-0.3, -0.25) is 9.79 Å². The Hall–Kier alpha value is -1.71. The number of hydrogen-bond acceptors (Lipinski definition) is 4. The summed E-state index contributed by atoms with van der Waals surface area (Å²) in [6.07, 6.45) is 0.447. The Morgan fingerprint density at radius 2 is 1.81 bits per heavy atom. The second-order valence-electron chi connectivity index (χ2n) is 6.62. The van der Waals surface area contributed by atoms with Crippen LogP contribution in [0.5, 0.6) is 5.75 Å². The van der Waals surface area contributed by atoms with Crippen LogP contribution in [0.2, 0.25) is 0 Å². The van der Waals surface area contributed by atoms with Crippen molar-refractivity contribution in [2.45, 2.75) is 26.3 Å². The summed E-state index contributed by atoms with van der Waals surface area (Å²) < 4.78 is 5.22. The Morgan fingerprint density at radius 1 is 1.19 bits per heavy atom. The molecule has 1 heterocycles. The van der Waals surface area contributed by atoms with Gasteiger partial charge in [0.05, 0.1) is 7.11 Å². The Kier molecular flexibility index (Phi) is 10.3. The first-order valence-corrected chi connectivity index (χ1v) is 9.17. The van der Waals surface area contributed by atoms with Gasteiger partial charge in [0, 0.05) is 57.9 Å². The van der Waals surface area contributed by atoms with Crippen LogP contribution < -0.4 is 20.3 Å². The monoisotopic (exact) mass is 489 g/mol. The molecule has 0 aromatic heterocycles. The van der Waals surface area contributed by atoms with Crippen LogP contribution >= 0.6 is 24.0 Å². The van der Waals surface area contributed by atoms with E-state index in [9.17, 15) is 4.79 Å². The van der Waals surface area contributed by atoms with Gasteiger partial charge in [-0.25, -0.2) is 0 Å². The van der Waals surface area contributed by atoms with Crippen molar-refractivity contribution in [2.24, 2.45) is 4.99 Å². The molecular weight excluding hydrogens is 457 g/mol. The molecule has 1 aromatic carbocycles. The molecule has 1 aliphatic rings. The smallest absolute Gasteiger partial charge is 0.221 e. The summed E-state index contributed by atoms with van der Waals surface area (Å²) in [5.74, 6) is 1.79. The number of aliphatic imine (C=N–C) groups is 1. The van der Waals surface area contributed by atoms with E-state index in [1.807, 2.05) is 26.0 Å². The third-order valence-electron chi connectivity index (χ3n) is 4.31. The van der Waals surface area contributed by atoms with Crippen molar-refractivity contribution in [3.8, 4) is 5.75 Å². The zero-order valence-electron chi connectivity index (χ0n) is 16.7. The van der Waals surface area contributed by atoms with Crippen LogP contribution in [0.25, 0.3) is 0 Å². The molecule has 2 rings (SSSR count). The number of benzene rings is 1. The van der Waals surface area contributed by atoms with Gasteiger partial charge >= 0.3 is 0 Å². The molecule has 152 valence electrons. The number of amides is 1. The van der Waals surface area contributed by atoms with Crippen molar-refractivity contribution >= 4 is 41.5 Å². The highest BCUT2D eigenvalue weighted by atomic mass is 127. The number of guanidine groups is 1. The van der Waals surface area contributed by atoms with E-state index in [4.69, 9.17) is 4.74 Å². The fraction of sp³-hybridized carbons (Fsp3) is 0.579. The van der Waals surface area contributed by atoms with Crippen molar-refractivity contribution in [2.75, 3.05) is 51.8 Å². The summed E-state index contributed by atoms with van der Waals surface area (Å²) >= 11 is 0. The van der Waals surface area contributed by atoms with Crippen LogP contribution in [0.3, 0.4) is 0 Å². The largest absolute Gasteiger partial charge is 0.497 e. The number of carbonyl (C=O) groups is 1. The van der Waals surface area contributed by atoms with Crippen molar-refractivity contribution in [1.29, 1.82) is 0 Å². The number of hydrogen-bond donors (Lipinski definition) is 2. The van der Waals surface area contributed by atoms with Crippen molar-refractivity contribution in [3.05, 3.63) is 24.3 Å². The van der Waals surface area contributed by atoms with E-state index in [0.29, 0.717) is 13.0 Å². The van der Waals surface area contributed by atoms with Gasteiger partial charge in [-0.15, -0.1) is 24.0 Å². The number of halogens is 1. The zero-order chi connectivity index (χ0) is 18.9. The standard InChI is InChI=1S/C19H31N5O2.HI/c1-15(2)22-18(25)9-10-21-19(20-3)24-13-11-23(12-14-24)16-5-7-17(26-4)8-6-16;/h5-8,15H,9-14H2,1-4H3,(H,20,21)(H,22,25);1H. The number of carbonyl (C=O) groups excluding carboxylic acids is 1.